The fourth-order valence-electron chi connectivity index (χ4n) is 3.51. The van der Waals surface area contributed by atoms with Crippen molar-refractivity contribution in [2.45, 2.75) is 31.7 Å². The number of methoxy groups -OCH3 is 1. The monoisotopic (exact) mass is 256 g/mol. The van der Waals surface area contributed by atoms with Gasteiger partial charge in [0, 0.05) is 39.5 Å². The molecule has 18 heavy (non-hydrogen) atoms. The molecule has 0 spiro atoms. The summed E-state index contributed by atoms with van der Waals surface area (Å²) in [6, 6.07) is 0.550. The molecule has 2 fully saturated rings. The molecule has 2 aliphatic rings. The van der Waals surface area contributed by atoms with Crippen LogP contribution >= 0.6 is 0 Å². The van der Waals surface area contributed by atoms with Crippen LogP contribution < -0.4 is 5.73 Å². The zero-order valence-electron chi connectivity index (χ0n) is 11.6. The van der Waals surface area contributed by atoms with Crippen molar-refractivity contribution in [1.29, 1.82) is 0 Å². The van der Waals surface area contributed by atoms with E-state index in [4.69, 9.17) is 15.2 Å². The van der Waals surface area contributed by atoms with Gasteiger partial charge >= 0.3 is 0 Å². The number of rotatable bonds is 5. The number of hydrogen-bond donors (Lipinski definition) is 1. The summed E-state index contributed by atoms with van der Waals surface area (Å²) in [6.45, 7) is 5.87. The largest absolute Gasteiger partial charge is 0.384 e. The SMILES string of the molecule is COCC1CCCN(C(CN)C2CCOCC2)C1. The maximum Gasteiger partial charge on any atom is 0.0502 e. The Morgan fingerprint density at radius 1 is 1.33 bits per heavy atom. The molecular formula is C14H28N2O2. The molecule has 2 heterocycles. The lowest BCUT2D eigenvalue weighted by atomic mass is 9.88. The third kappa shape index (κ3) is 3.67. The van der Waals surface area contributed by atoms with Crippen LogP contribution in [-0.4, -0.2) is 57.5 Å². The Balaban J connectivity index is 1.89. The molecule has 0 saturated carbocycles. The van der Waals surface area contributed by atoms with Crippen LogP contribution in [0.1, 0.15) is 25.7 Å². The van der Waals surface area contributed by atoms with Crippen LogP contribution in [0.2, 0.25) is 0 Å². The van der Waals surface area contributed by atoms with Gasteiger partial charge in [0.15, 0.2) is 0 Å². The summed E-state index contributed by atoms with van der Waals surface area (Å²) < 4.78 is 10.8. The van der Waals surface area contributed by atoms with Crippen LogP contribution in [0.25, 0.3) is 0 Å². The Labute approximate surface area is 111 Å². The molecule has 0 aromatic heterocycles. The van der Waals surface area contributed by atoms with Crippen molar-refractivity contribution in [1.82, 2.24) is 4.90 Å². The third-order valence-electron chi connectivity index (χ3n) is 4.47. The Hall–Kier alpha value is -0.160. The lowest BCUT2D eigenvalue weighted by Crippen LogP contribution is -2.51. The first-order valence-electron chi connectivity index (χ1n) is 7.36. The molecule has 2 aliphatic heterocycles. The normalized spacial score (nSPS) is 29.3. The quantitative estimate of drug-likeness (QED) is 0.800. The molecule has 0 amide bonds. The van der Waals surface area contributed by atoms with Gasteiger partial charge in [-0.3, -0.25) is 4.90 Å². The van der Waals surface area contributed by atoms with Crippen molar-refractivity contribution in [2.75, 3.05) is 46.6 Å². The van der Waals surface area contributed by atoms with Gasteiger partial charge < -0.3 is 15.2 Å². The average Bonchev–Trinajstić information content (AvgIpc) is 2.42. The fourth-order valence-corrected chi connectivity index (χ4v) is 3.51. The molecular weight excluding hydrogens is 228 g/mol. The van der Waals surface area contributed by atoms with Crippen molar-refractivity contribution in [3.8, 4) is 0 Å². The molecule has 0 radical (unpaired) electrons. The van der Waals surface area contributed by atoms with Gasteiger partial charge in [0.25, 0.3) is 0 Å². The summed E-state index contributed by atoms with van der Waals surface area (Å²) >= 11 is 0. The van der Waals surface area contributed by atoms with Crippen molar-refractivity contribution < 1.29 is 9.47 Å². The second-order valence-electron chi connectivity index (χ2n) is 5.71. The summed E-state index contributed by atoms with van der Waals surface area (Å²) in [5.74, 6) is 1.42. The first-order valence-corrected chi connectivity index (χ1v) is 7.36. The smallest absolute Gasteiger partial charge is 0.0502 e. The summed E-state index contributed by atoms with van der Waals surface area (Å²) in [7, 11) is 1.80. The van der Waals surface area contributed by atoms with Crippen LogP contribution in [0.3, 0.4) is 0 Å². The zero-order valence-corrected chi connectivity index (χ0v) is 11.6. The van der Waals surface area contributed by atoms with Crippen molar-refractivity contribution >= 4 is 0 Å². The maximum absolute atomic E-state index is 6.04. The van der Waals surface area contributed by atoms with Gasteiger partial charge in [0.1, 0.15) is 0 Å². The van der Waals surface area contributed by atoms with Crippen LogP contribution in [0.5, 0.6) is 0 Å². The zero-order chi connectivity index (χ0) is 12.8. The highest BCUT2D eigenvalue weighted by atomic mass is 16.5. The minimum atomic E-state index is 0.550. The summed E-state index contributed by atoms with van der Waals surface area (Å²) in [6.07, 6.45) is 4.93. The fraction of sp³-hybridized carbons (Fsp3) is 1.00. The highest BCUT2D eigenvalue weighted by molar-refractivity contribution is 4.85. The Morgan fingerprint density at radius 2 is 2.11 bits per heavy atom. The number of nitrogens with zero attached hydrogens (tertiary/aromatic N) is 1. The Bertz CT molecular complexity index is 230. The van der Waals surface area contributed by atoms with E-state index in [0.717, 1.165) is 38.8 Å². The second kappa shape index (κ2) is 7.43. The third-order valence-corrected chi connectivity index (χ3v) is 4.47. The average molecular weight is 256 g/mol. The number of ether oxygens (including phenoxy) is 2. The van der Waals surface area contributed by atoms with E-state index < -0.39 is 0 Å². The molecule has 0 aromatic rings. The summed E-state index contributed by atoms with van der Waals surface area (Å²) in [5, 5.41) is 0. The number of nitrogens with two attached hydrogens (primary N) is 1. The van der Waals surface area contributed by atoms with Gasteiger partial charge in [-0.2, -0.15) is 0 Å². The molecule has 106 valence electrons. The molecule has 0 aliphatic carbocycles. The lowest BCUT2D eigenvalue weighted by molar-refractivity contribution is 0.00654. The lowest BCUT2D eigenvalue weighted by Gasteiger charge is -2.42. The molecule has 4 nitrogen and oxygen atoms in total. The molecule has 0 bridgehead atoms. The van der Waals surface area contributed by atoms with Gasteiger partial charge in [-0.15, -0.1) is 0 Å². The van der Waals surface area contributed by atoms with Gasteiger partial charge in [0.05, 0.1) is 6.61 Å². The van der Waals surface area contributed by atoms with Crippen LogP contribution in [0.4, 0.5) is 0 Å². The predicted octanol–water partition coefficient (Wildman–Crippen LogP) is 1.10. The highest BCUT2D eigenvalue weighted by Crippen LogP contribution is 2.26. The number of likely N-dealkylation sites (tertiary alicyclic amines) is 1. The molecule has 2 rings (SSSR count). The summed E-state index contributed by atoms with van der Waals surface area (Å²) in [4.78, 5) is 2.61. The molecule has 2 N–H and O–H groups in total. The Kier molecular flexibility index (Phi) is 5.89. The van der Waals surface area contributed by atoms with E-state index in [0.29, 0.717) is 12.0 Å². The van der Waals surface area contributed by atoms with Crippen LogP contribution in [-0.2, 0) is 9.47 Å². The van der Waals surface area contributed by atoms with E-state index in [1.807, 2.05) is 0 Å². The predicted molar refractivity (Wildman–Crippen MR) is 72.6 cm³/mol. The number of piperidine rings is 1. The Morgan fingerprint density at radius 3 is 2.78 bits per heavy atom. The van der Waals surface area contributed by atoms with Gasteiger partial charge in [-0.25, -0.2) is 0 Å². The van der Waals surface area contributed by atoms with E-state index in [1.165, 1.54) is 32.2 Å². The van der Waals surface area contributed by atoms with Crippen LogP contribution in [0.15, 0.2) is 0 Å². The van der Waals surface area contributed by atoms with Gasteiger partial charge in [-0.05, 0) is 44.1 Å². The van der Waals surface area contributed by atoms with E-state index in [9.17, 15) is 0 Å². The first kappa shape index (κ1) is 14.3. The minimum absolute atomic E-state index is 0.550. The van der Waals surface area contributed by atoms with Crippen molar-refractivity contribution in [3.63, 3.8) is 0 Å². The second-order valence-corrected chi connectivity index (χ2v) is 5.71. The van der Waals surface area contributed by atoms with E-state index in [-0.39, 0.29) is 0 Å². The van der Waals surface area contributed by atoms with Crippen molar-refractivity contribution in [3.05, 3.63) is 0 Å². The van der Waals surface area contributed by atoms with E-state index in [1.54, 1.807) is 7.11 Å². The standard InChI is InChI=1S/C14H28N2O2/c1-17-11-12-3-2-6-16(10-12)14(9-15)13-4-7-18-8-5-13/h12-14H,2-11,15H2,1H3. The van der Waals surface area contributed by atoms with Crippen LogP contribution in [0, 0.1) is 11.8 Å². The maximum atomic E-state index is 6.04. The molecule has 0 aromatic carbocycles. The van der Waals surface area contributed by atoms with E-state index >= 15 is 0 Å². The highest BCUT2D eigenvalue weighted by Gasteiger charge is 2.31. The molecule has 4 heteroatoms. The first-order chi connectivity index (χ1) is 8.85. The molecule has 2 unspecified atom stereocenters. The van der Waals surface area contributed by atoms with E-state index in [2.05, 4.69) is 4.90 Å². The molecule has 2 atom stereocenters. The minimum Gasteiger partial charge on any atom is -0.384 e. The number of hydrogen-bond acceptors (Lipinski definition) is 4. The molecule has 2 saturated heterocycles. The summed E-state index contributed by atoms with van der Waals surface area (Å²) in [5.41, 5.74) is 6.04. The van der Waals surface area contributed by atoms with Gasteiger partial charge in [0.2, 0.25) is 0 Å². The van der Waals surface area contributed by atoms with Gasteiger partial charge in [-0.1, -0.05) is 0 Å². The topological polar surface area (TPSA) is 47.7 Å². The van der Waals surface area contributed by atoms with Crippen molar-refractivity contribution in [2.24, 2.45) is 17.6 Å².